The molecule has 1 N–H and O–H groups in total. The average Bonchev–Trinajstić information content (AvgIpc) is 2.86. The smallest absolute Gasteiger partial charge is 0.257 e. The first-order chi connectivity index (χ1) is 7.68. The van der Waals surface area contributed by atoms with Gasteiger partial charge in [-0.2, -0.15) is 0 Å². The fourth-order valence-corrected chi connectivity index (χ4v) is 1.47. The molecule has 0 spiro atoms. The van der Waals surface area contributed by atoms with Gasteiger partial charge in [0.2, 0.25) is 0 Å². The molecule has 0 aliphatic rings. The minimum absolute atomic E-state index is 0.183. The molecule has 0 unspecified atom stereocenters. The van der Waals surface area contributed by atoms with Gasteiger partial charge in [0.15, 0.2) is 0 Å². The Bertz CT molecular complexity index is 466. The molecule has 84 valence electrons. The Morgan fingerprint density at radius 1 is 1.50 bits per heavy atom. The van der Waals surface area contributed by atoms with Gasteiger partial charge in [0.25, 0.3) is 5.91 Å². The van der Waals surface area contributed by atoms with Crippen molar-refractivity contribution in [2.24, 2.45) is 0 Å². The lowest BCUT2D eigenvalue weighted by atomic mass is 10.2. The highest BCUT2D eigenvalue weighted by molar-refractivity contribution is 5.95. The highest BCUT2D eigenvalue weighted by atomic mass is 16.5. The molecule has 1 amide bonds. The van der Waals surface area contributed by atoms with Crippen LogP contribution in [0.15, 0.2) is 27.5 Å². The van der Waals surface area contributed by atoms with E-state index in [4.69, 9.17) is 8.94 Å². The van der Waals surface area contributed by atoms with Crippen LogP contribution in [-0.4, -0.2) is 11.1 Å². The Morgan fingerprint density at radius 3 is 2.88 bits per heavy atom. The lowest BCUT2D eigenvalue weighted by Gasteiger charge is -2.02. The molecule has 0 aromatic carbocycles. The zero-order valence-corrected chi connectivity index (χ0v) is 9.11. The molecule has 2 heterocycles. The number of rotatable bonds is 3. The van der Waals surface area contributed by atoms with Gasteiger partial charge < -0.3 is 14.3 Å². The van der Waals surface area contributed by atoms with Crippen LogP contribution in [0.3, 0.4) is 0 Å². The molecule has 0 atom stereocenters. The minimum Gasteiger partial charge on any atom is -0.472 e. The molecule has 5 heteroatoms. The second-order valence-corrected chi connectivity index (χ2v) is 3.51. The Kier molecular flexibility index (Phi) is 2.76. The van der Waals surface area contributed by atoms with Crippen molar-refractivity contribution < 1.29 is 13.7 Å². The van der Waals surface area contributed by atoms with Crippen molar-refractivity contribution in [3.05, 3.63) is 41.2 Å². The number of hydrogen-bond donors (Lipinski definition) is 1. The Labute approximate surface area is 92.4 Å². The molecule has 16 heavy (non-hydrogen) atoms. The standard InChI is InChI=1S/C11H12N2O3/c1-7-10(8(2)16-13-7)11(14)12-5-9-3-4-15-6-9/h3-4,6H,5H2,1-2H3,(H,12,14). The van der Waals surface area contributed by atoms with E-state index in [1.807, 2.05) is 0 Å². The van der Waals surface area contributed by atoms with E-state index < -0.39 is 0 Å². The highest BCUT2D eigenvalue weighted by Gasteiger charge is 2.16. The van der Waals surface area contributed by atoms with Crippen LogP contribution in [0.4, 0.5) is 0 Å². The van der Waals surface area contributed by atoms with E-state index in [1.54, 1.807) is 32.4 Å². The van der Waals surface area contributed by atoms with Gasteiger partial charge >= 0.3 is 0 Å². The molecule has 0 fully saturated rings. The molecule has 2 rings (SSSR count). The third kappa shape index (κ3) is 1.98. The van der Waals surface area contributed by atoms with Gasteiger partial charge in [-0.15, -0.1) is 0 Å². The molecule has 2 aromatic heterocycles. The summed E-state index contributed by atoms with van der Waals surface area (Å²) >= 11 is 0. The topological polar surface area (TPSA) is 68.3 Å². The van der Waals surface area contributed by atoms with Crippen LogP contribution in [0.25, 0.3) is 0 Å². The Hall–Kier alpha value is -2.04. The quantitative estimate of drug-likeness (QED) is 0.856. The molecular weight excluding hydrogens is 208 g/mol. The first kappa shape index (κ1) is 10.5. The lowest BCUT2D eigenvalue weighted by Crippen LogP contribution is -2.23. The summed E-state index contributed by atoms with van der Waals surface area (Å²) in [5.74, 6) is 0.347. The van der Waals surface area contributed by atoms with Crippen molar-refractivity contribution in [1.29, 1.82) is 0 Å². The second kappa shape index (κ2) is 4.22. The van der Waals surface area contributed by atoms with Crippen LogP contribution in [0.2, 0.25) is 0 Å². The molecule has 0 aliphatic carbocycles. The van der Waals surface area contributed by atoms with Crippen LogP contribution >= 0.6 is 0 Å². The monoisotopic (exact) mass is 220 g/mol. The summed E-state index contributed by atoms with van der Waals surface area (Å²) in [6, 6.07) is 1.80. The Morgan fingerprint density at radius 2 is 2.31 bits per heavy atom. The molecule has 2 aromatic rings. The van der Waals surface area contributed by atoms with Crippen molar-refractivity contribution in [2.45, 2.75) is 20.4 Å². The molecule has 0 saturated heterocycles. The number of carbonyl (C=O) groups is 1. The van der Waals surface area contributed by atoms with Gasteiger partial charge in [-0.25, -0.2) is 0 Å². The highest BCUT2D eigenvalue weighted by Crippen LogP contribution is 2.12. The van der Waals surface area contributed by atoms with Gasteiger partial charge in [0, 0.05) is 12.1 Å². The van der Waals surface area contributed by atoms with Gasteiger partial charge in [-0.05, 0) is 19.9 Å². The lowest BCUT2D eigenvalue weighted by molar-refractivity contribution is 0.0949. The number of hydrogen-bond acceptors (Lipinski definition) is 4. The predicted molar refractivity (Wildman–Crippen MR) is 55.9 cm³/mol. The van der Waals surface area contributed by atoms with Gasteiger partial charge in [0.05, 0.1) is 18.2 Å². The van der Waals surface area contributed by atoms with Gasteiger partial charge in [-0.3, -0.25) is 4.79 Å². The van der Waals surface area contributed by atoms with Crippen LogP contribution in [0.1, 0.15) is 27.4 Å². The molecular formula is C11H12N2O3. The van der Waals surface area contributed by atoms with Crippen LogP contribution in [0.5, 0.6) is 0 Å². The molecule has 0 saturated carbocycles. The third-order valence-corrected chi connectivity index (χ3v) is 2.29. The number of amides is 1. The summed E-state index contributed by atoms with van der Waals surface area (Å²) in [4.78, 5) is 11.8. The van der Waals surface area contributed by atoms with Crippen LogP contribution in [-0.2, 0) is 6.54 Å². The predicted octanol–water partition coefficient (Wildman–Crippen LogP) is 1.81. The first-order valence-corrected chi connectivity index (χ1v) is 4.90. The van der Waals surface area contributed by atoms with Crippen molar-refractivity contribution in [2.75, 3.05) is 0 Å². The summed E-state index contributed by atoms with van der Waals surface area (Å²) in [7, 11) is 0. The van der Waals surface area contributed by atoms with Gasteiger partial charge in [-0.1, -0.05) is 5.16 Å². The number of furan rings is 1. The summed E-state index contributed by atoms with van der Waals surface area (Å²) in [5, 5.41) is 6.50. The zero-order chi connectivity index (χ0) is 11.5. The number of aromatic nitrogens is 1. The number of nitrogens with one attached hydrogen (secondary N) is 1. The van der Waals surface area contributed by atoms with Gasteiger partial charge in [0.1, 0.15) is 11.3 Å². The Balaban J connectivity index is 2.04. The van der Waals surface area contributed by atoms with Crippen LogP contribution in [0, 0.1) is 13.8 Å². The van der Waals surface area contributed by atoms with Crippen molar-refractivity contribution in [3.8, 4) is 0 Å². The van der Waals surface area contributed by atoms with E-state index >= 15 is 0 Å². The van der Waals surface area contributed by atoms with E-state index in [0.29, 0.717) is 23.6 Å². The molecule has 0 aliphatic heterocycles. The van der Waals surface area contributed by atoms with Crippen molar-refractivity contribution in [1.82, 2.24) is 10.5 Å². The van der Waals surface area contributed by atoms with E-state index in [0.717, 1.165) is 5.56 Å². The largest absolute Gasteiger partial charge is 0.472 e. The summed E-state index contributed by atoms with van der Waals surface area (Å²) in [5.41, 5.74) is 2.02. The van der Waals surface area contributed by atoms with Crippen LogP contribution < -0.4 is 5.32 Å². The number of carbonyl (C=O) groups excluding carboxylic acids is 1. The maximum Gasteiger partial charge on any atom is 0.257 e. The van der Waals surface area contributed by atoms with Crippen molar-refractivity contribution >= 4 is 5.91 Å². The second-order valence-electron chi connectivity index (χ2n) is 3.51. The van der Waals surface area contributed by atoms with E-state index in [2.05, 4.69) is 10.5 Å². The minimum atomic E-state index is -0.183. The van der Waals surface area contributed by atoms with E-state index in [1.165, 1.54) is 0 Å². The fourth-order valence-electron chi connectivity index (χ4n) is 1.47. The van der Waals surface area contributed by atoms with Crippen molar-refractivity contribution in [3.63, 3.8) is 0 Å². The SMILES string of the molecule is Cc1noc(C)c1C(=O)NCc1ccoc1. The maximum atomic E-state index is 11.8. The third-order valence-electron chi connectivity index (χ3n) is 2.29. The zero-order valence-electron chi connectivity index (χ0n) is 9.11. The molecule has 0 bridgehead atoms. The average molecular weight is 220 g/mol. The number of nitrogens with zero attached hydrogens (tertiary/aromatic N) is 1. The summed E-state index contributed by atoms with van der Waals surface area (Å²) < 4.78 is 9.83. The normalized spacial score (nSPS) is 10.4. The first-order valence-electron chi connectivity index (χ1n) is 4.90. The fraction of sp³-hybridized carbons (Fsp3) is 0.273. The van der Waals surface area contributed by atoms with E-state index in [-0.39, 0.29) is 5.91 Å². The maximum absolute atomic E-state index is 11.8. The molecule has 5 nitrogen and oxygen atoms in total. The molecule has 0 radical (unpaired) electrons. The number of aryl methyl sites for hydroxylation is 2. The summed E-state index contributed by atoms with van der Waals surface area (Å²) in [6.07, 6.45) is 3.16. The van der Waals surface area contributed by atoms with E-state index in [9.17, 15) is 4.79 Å². The summed E-state index contributed by atoms with van der Waals surface area (Å²) in [6.45, 7) is 3.88.